The number of amides is 3. The Balaban J connectivity index is 1.63. The van der Waals surface area contributed by atoms with Gasteiger partial charge in [-0.25, -0.2) is 19.2 Å². The van der Waals surface area contributed by atoms with E-state index in [4.69, 9.17) is 4.99 Å². The number of urea groups is 1. The number of carbonyl (C=O) groups is 2. The van der Waals surface area contributed by atoms with Gasteiger partial charge in [-0.15, -0.1) is 0 Å². The van der Waals surface area contributed by atoms with E-state index in [1.165, 1.54) is 17.0 Å². The maximum atomic E-state index is 13.2. The van der Waals surface area contributed by atoms with Crippen LogP contribution in [0.4, 0.5) is 20.7 Å². The highest BCUT2D eigenvalue weighted by Crippen LogP contribution is 2.33. The largest absolute Gasteiger partial charge is 0.330 e. The third kappa shape index (κ3) is 3.71. The number of hydrogen-bond acceptors (Lipinski definition) is 5. The second-order valence-corrected chi connectivity index (χ2v) is 8.09. The zero-order chi connectivity index (χ0) is 20.7. The molecule has 0 bridgehead atoms. The average molecular weight is 461 g/mol. The monoisotopic (exact) mass is 460 g/mol. The van der Waals surface area contributed by atoms with Gasteiger partial charge in [0.15, 0.2) is 5.84 Å². The number of halogens is 2. The highest BCUT2D eigenvalue weighted by atomic mass is 79.9. The van der Waals surface area contributed by atoms with Gasteiger partial charge in [-0.1, -0.05) is 13.8 Å². The number of amidine groups is 1. The summed E-state index contributed by atoms with van der Waals surface area (Å²) in [7, 11) is 0. The van der Waals surface area contributed by atoms with Gasteiger partial charge < -0.3 is 5.32 Å². The number of rotatable bonds is 4. The van der Waals surface area contributed by atoms with E-state index in [0.29, 0.717) is 28.2 Å². The van der Waals surface area contributed by atoms with Crippen LogP contribution in [0.1, 0.15) is 19.5 Å². The molecule has 1 atom stereocenters. The molecule has 0 fully saturated rings. The SMILES string of the molecule is CC(C)C1CN2C(=O)N(CC(=O)Nc3ccc(F)cn3)c3cc(Br)cnc3C2=N1. The topological polar surface area (TPSA) is 90.8 Å². The molecule has 2 aliphatic rings. The Morgan fingerprint density at radius 2 is 2.14 bits per heavy atom. The number of fused-ring (bicyclic) bond motifs is 3. The van der Waals surface area contributed by atoms with E-state index < -0.39 is 11.7 Å². The van der Waals surface area contributed by atoms with E-state index in [2.05, 4.69) is 45.1 Å². The van der Waals surface area contributed by atoms with Crippen LogP contribution in [0, 0.1) is 11.7 Å². The summed E-state index contributed by atoms with van der Waals surface area (Å²) in [6, 6.07) is 3.94. The molecule has 1 N–H and O–H groups in total. The van der Waals surface area contributed by atoms with E-state index in [1.807, 2.05) is 0 Å². The minimum absolute atomic E-state index is 0.0237. The summed E-state index contributed by atoms with van der Waals surface area (Å²) in [6.45, 7) is 4.31. The van der Waals surface area contributed by atoms with Crippen LogP contribution in [0.25, 0.3) is 0 Å². The standard InChI is InChI=1S/C19H18BrFN6O2/c1-10(2)13-8-27-18(24-13)17-14(5-11(20)6-23-17)26(19(27)29)9-16(28)25-15-4-3-12(21)7-22-15/h3-7,10,13H,8-9H2,1-2H3,(H,22,25,28). The van der Waals surface area contributed by atoms with Crippen molar-refractivity contribution in [2.45, 2.75) is 19.9 Å². The van der Waals surface area contributed by atoms with Crippen molar-refractivity contribution in [2.75, 3.05) is 23.3 Å². The van der Waals surface area contributed by atoms with Crippen LogP contribution >= 0.6 is 15.9 Å². The summed E-state index contributed by atoms with van der Waals surface area (Å²) in [5.41, 5.74) is 1.06. The van der Waals surface area contributed by atoms with Crippen molar-refractivity contribution in [2.24, 2.45) is 10.9 Å². The molecule has 0 radical (unpaired) electrons. The molecule has 29 heavy (non-hydrogen) atoms. The summed E-state index contributed by atoms with van der Waals surface area (Å²) in [6.07, 6.45) is 2.65. The number of nitrogens with one attached hydrogen (secondary N) is 1. The van der Waals surface area contributed by atoms with Crippen molar-refractivity contribution in [1.82, 2.24) is 14.9 Å². The van der Waals surface area contributed by atoms with Crippen LogP contribution in [0.3, 0.4) is 0 Å². The van der Waals surface area contributed by atoms with Gasteiger partial charge in [0.2, 0.25) is 5.91 Å². The molecular formula is C19H18BrFN6O2. The summed E-state index contributed by atoms with van der Waals surface area (Å²) in [4.78, 5) is 41.6. The third-order valence-electron chi connectivity index (χ3n) is 4.78. The van der Waals surface area contributed by atoms with Gasteiger partial charge in [0.1, 0.15) is 23.9 Å². The summed E-state index contributed by atoms with van der Waals surface area (Å²) >= 11 is 3.37. The van der Waals surface area contributed by atoms with Crippen LogP contribution in [0.15, 0.2) is 40.1 Å². The predicted octanol–water partition coefficient (Wildman–Crippen LogP) is 3.04. The van der Waals surface area contributed by atoms with Crippen molar-refractivity contribution in [3.05, 3.63) is 46.6 Å². The van der Waals surface area contributed by atoms with E-state index in [1.54, 1.807) is 17.2 Å². The number of nitrogens with zero attached hydrogens (tertiary/aromatic N) is 5. The Hall–Kier alpha value is -2.88. The van der Waals surface area contributed by atoms with Crippen LogP contribution in [-0.4, -0.2) is 51.8 Å². The second-order valence-electron chi connectivity index (χ2n) is 7.17. The Morgan fingerprint density at radius 3 is 2.83 bits per heavy atom. The van der Waals surface area contributed by atoms with Gasteiger partial charge in [0.25, 0.3) is 0 Å². The Bertz CT molecular complexity index is 1010. The number of anilines is 2. The second kappa shape index (κ2) is 7.51. The molecular weight excluding hydrogens is 443 g/mol. The number of carbonyl (C=O) groups excluding carboxylic acids is 2. The molecule has 1 unspecified atom stereocenters. The number of aliphatic imine (C=N–C) groups is 1. The average Bonchev–Trinajstić information content (AvgIpc) is 3.13. The number of aromatic nitrogens is 2. The maximum Gasteiger partial charge on any atom is 0.330 e. The van der Waals surface area contributed by atoms with Crippen LogP contribution in [0.5, 0.6) is 0 Å². The molecule has 0 spiro atoms. The lowest BCUT2D eigenvalue weighted by Crippen LogP contribution is -2.52. The zero-order valence-electron chi connectivity index (χ0n) is 15.8. The number of hydrogen-bond donors (Lipinski definition) is 1. The van der Waals surface area contributed by atoms with Crippen molar-refractivity contribution in [1.29, 1.82) is 0 Å². The van der Waals surface area contributed by atoms with Gasteiger partial charge in [-0.05, 0) is 40.0 Å². The zero-order valence-corrected chi connectivity index (χ0v) is 17.4. The van der Waals surface area contributed by atoms with Gasteiger partial charge >= 0.3 is 6.03 Å². The van der Waals surface area contributed by atoms with Gasteiger partial charge in [0.05, 0.1) is 24.5 Å². The van der Waals surface area contributed by atoms with Crippen LogP contribution in [-0.2, 0) is 4.79 Å². The van der Waals surface area contributed by atoms with Crippen LogP contribution < -0.4 is 10.2 Å². The molecule has 2 aliphatic heterocycles. The quantitative estimate of drug-likeness (QED) is 0.758. The van der Waals surface area contributed by atoms with Gasteiger partial charge in [-0.2, -0.15) is 0 Å². The molecule has 0 aromatic carbocycles. The molecule has 3 amide bonds. The molecule has 0 saturated carbocycles. The first-order valence-corrected chi connectivity index (χ1v) is 9.87. The summed E-state index contributed by atoms with van der Waals surface area (Å²) < 4.78 is 13.7. The lowest BCUT2D eigenvalue weighted by Gasteiger charge is -2.34. The van der Waals surface area contributed by atoms with Crippen molar-refractivity contribution >= 4 is 45.2 Å². The Labute approximate surface area is 175 Å². The fourth-order valence-electron chi connectivity index (χ4n) is 3.24. The first kappa shape index (κ1) is 19.4. The highest BCUT2D eigenvalue weighted by Gasteiger charge is 2.42. The molecule has 2 aromatic rings. The van der Waals surface area contributed by atoms with Crippen molar-refractivity contribution < 1.29 is 14.0 Å². The molecule has 10 heteroatoms. The lowest BCUT2D eigenvalue weighted by atomic mass is 10.1. The third-order valence-corrected chi connectivity index (χ3v) is 5.21. The highest BCUT2D eigenvalue weighted by molar-refractivity contribution is 9.10. The first-order chi connectivity index (χ1) is 13.8. The van der Waals surface area contributed by atoms with Gasteiger partial charge in [-0.3, -0.25) is 19.6 Å². The van der Waals surface area contributed by atoms with E-state index >= 15 is 0 Å². The smallest absolute Gasteiger partial charge is 0.309 e. The normalized spacial score (nSPS) is 17.9. The van der Waals surface area contributed by atoms with Crippen molar-refractivity contribution in [3.63, 3.8) is 0 Å². The van der Waals surface area contributed by atoms with E-state index in [-0.39, 0.29) is 30.4 Å². The molecule has 0 aliphatic carbocycles. The van der Waals surface area contributed by atoms with E-state index in [9.17, 15) is 14.0 Å². The molecule has 2 aromatic heterocycles. The Kier molecular flexibility index (Phi) is 5.03. The van der Waals surface area contributed by atoms with E-state index in [0.717, 1.165) is 6.20 Å². The summed E-state index contributed by atoms with van der Waals surface area (Å²) in [5, 5.41) is 2.58. The first-order valence-electron chi connectivity index (χ1n) is 9.07. The van der Waals surface area contributed by atoms with Gasteiger partial charge in [0, 0.05) is 10.7 Å². The molecule has 4 rings (SSSR count). The lowest BCUT2D eigenvalue weighted by molar-refractivity contribution is -0.114. The fraction of sp³-hybridized carbons (Fsp3) is 0.316. The molecule has 4 heterocycles. The minimum atomic E-state index is -0.500. The fourth-order valence-corrected chi connectivity index (χ4v) is 3.56. The van der Waals surface area contributed by atoms with Crippen LogP contribution in [0.2, 0.25) is 0 Å². The van der Waals surface area contributed by atoms with Crippen molar-refractivity contribution in [3.8, 4) is 0 Å². The maximum absolute atomic E-state index is 13.2. The molecule has 8 nitrogen and oxygen atoms in total. The summed E-state index contributed by atoms with van der Waals surface area (Å²) in [5.74, 6) is 0.0499. The number of pyridine rings is 2. The predicted molar refractivity (Wildman–Crippen MR) is 109 cm³/mol. The molecule has 150 valence electrons. The minimum Gasteiger partial charge on any atom is -0.309 e. The Morgan fingerprint density at radius 1 is 1.34 bits per heavy atom. The molecule has 0 saturated heterocycles.